The van der Waals surface area contributed by atoms with Gasteiger partial charge in [-0.2, -0.15) is 0 Å². The summed E-state index contributed by atoms with van der Waals surface area (Å²) in [7, 11) is 0. The molecule has 0 radical (unpaired) electrons. The first kappa shape index (κ1) is 40.4. The van der Waals surface area contributed by atoms with Crippen molar-refractivity contribution in [2.45, 2.75) is 168 Å². The lowest BCUT2D eigenvalue weighted by molar-refractivity contribution is -0.360. The minimum absolute atomic E-state index is 0.0144. The van der Waals surface area contributed by atoms with Crippen molar-refractivity contribution in [3.8, 4) is 0 Å². The number of ether oxygens (including phenoxy) is 5. The molecule has 4 aliphatic carbocycles. The Morgan fingerprint density at radius 1 is 0.833 bits per heavy atom. The van der Waals surface area contributed by atoms with Crippen molar-refractivity contribution in [1.82, 2.24) is 0 Å². The fraction of sp³-hybridized carbons (Fsp3) is 0.854. The molecule has 3 aliphatic heterocycles. The molecular weight excluding hydrogens is 700 g/mol. The van der Waals surface area contributed by atoms with Gasteiger partial charge in [-0.15, -0.1) is 0 Å². The van der Waals surface area contributed by atoms with Gasteiger partial charge in [0.25, 0.3) is 0 Å². The first-order valence-corrected chi connectivity index (χ1v) is 19.9. The molecule has 0 aromatic carbocycles. The highest BCUT2D eigenvalue weighted by atomic mass is 16.8. The first-order valence-electron chi connectivity index (χ1n) is 19.9. The van der Waals surface area contributed by atoms with E-state index in [9.17, 15) is 40.2 Å². The Morgan fingerprint density at radius 3 is 2.17 bits per heavy atom. The molecule has 54 heavy (non-hydrogen) atoms. The number of carbonyl (C=O) groups is 2. The maximum atomic E-state index is 14.9. The number of aliphatic hydroxyl groups excluding tert-OH is 6. The van der Waals surface area contributed by atoms with Crippen molar-refractivity contribution in [3.05, 3.63) is 23.5 Å². The molecule has 2 saturated heterocycles. The number of Topliss-reactive ketones (excluding diaryl/α,β-unsaturated/α-hetero) is 1. The van der Waals surface area contributed by atoms with E-state index in [-0.39, 0.29) is 42.3 Å². The number of allylic oxidation sites excluding steroid dienone is 2. The number of rotatable bonds is 6. The third kappa shape index (κ3) is 5.61. The van der Waals surface area contributed by atoms with E-state index < -0.39 is 101 Å². The van der Waals surface area contributed by atoms with Crippen molar-refractivity contribution in [2.75, 3.05) is 6.61 Å². The highest BCUT2D eigenvalue weighted by Crippen LogP contribution is 2.74. The molecular formula is C41H62O13. The Balaban J connectivity index is 1.14. The maximum absolute atomic E-state index is 14.9. The monoisotopic (exact) mass is 762 g/mol. The summed E-state index contributed by atoms with van der Waals surface area (Å²) in [4.78, 5) is 28.5. The third-order valence-corrected chi connectivity index (χ3v) is 15.7. The van der Waals surface area contributed by atoms with Crippen LogP contribution in [0.2, 0.25) is 0 Å². The average molecular weight is 763 g/mol. The minimum atomic E-state index is -1.63. The predicted molar refractivity (Wildman–Crippen MR) is 192 cm³/mol. The van der Waals surface area contributed by atoms with Crippen LogP contribution < -0.4 is 0 Å². The number of ketones is 2. The molecule has 18 atom stereocenters. The smallest absolute Gasteiger partial charge is 0.202 e. The van der Waals surface area contributed by atoms with Crippen LogP contribution in [-0.4, -0.2) is 122 Å². The van der Waals surface area contributed by atoms with Gasteiger partial charge in [0.2, 0.25) is 5.78 Å². The van der Waals surface area contributed by atoms with Gasteiger partial charge in [0.05, 0.1) is 24.9 Å². The molecule has 3 saturated carbocycles. The third-order valence-electron chi connectivity index (χ3n) is 15.7. The summed E-state index contributed by atoms with van der Waals surface area (Å²) >= 11 is 0. The molecule has 0 bridgehead atoms. The van der Waals surface area contributed by atoms with Crippen molar-refractivity contribution in [3.63, 3.8) is 0 Å². The zero-order valence-corrected chi connectivity index (χ0v) is 33.1. The Kier molecular flexibility index (Phi) is 10.0. The Labute approximate surface area is 318 Å². The van der Waals surface area contributed by atoms with E-state index in [2.05, 4.69) is 40.7 Å². The summed E-state index contributed by atoms with van der Waals surface area (Å²) in [5.41, 5.74) is -2.67. The van der Waals surface area contributed by atoms with E-state index in [1.54, 1.807) is 13.0 Å². The summed E-state index contributed by atoms with van der Waals surface area (Å²) in [5, 5.41) is 64.6. The van der Waals surface area contributed by atoms with Gasteiger partial charge in [-0.05, 0) is 62.2 Å². The van der Waals surface area contributed by atoms with E-state index in [4.69, 9.17) is 23.7 Å². The Morgan fingerprint density at radius 2 is 1.52 bits per heavy atom. The normalized spacial score (nSPS) is 53.0. The van der Waals surface area contributed by atoms with Crippen LogP contribution in [0.15, 0.2) is 23.5 Å². The molecule has 0 aromatic rings. The van der Waals surface area contributed by atoms with Crippen molar-refractivity contribution in [2.24, 2.45) is 45.3 Å². The molecule has 0 spiro atoms. The van der Waals surface area contributed by atoms with Crippen LogP contribution in [0.5, 0.6) is 0 Å². The van der Waals surface area contributed by atoms with E-state index in [0.29, 0.717) is 31.4 Å². The molecule has 7 aliphatic rings. The first-order chi connectivity index (χ1) is 25.0. The van der Waals surface area contributed by atoms with Crippen molar-refractivity contribution < 1.29 is 63.9 Å². The number of hydrogen-bond donors (Lipinski definition) is 6. The van der Waals surface area contributed by atoms with Crippen LogP contribution in [0.3, 0.4) is 0 Å². The molecule has 7 rings (SSSR count). The summed E-state index contributed by atoms with van der Waals surface area (Å²) in [5.74, 6) is -0.149. The molecule has 12 unspecified atom stereocenters. The van der Waals surface area contributed by atoms with Crippen LogP contribution in [0.4, 0.5) is 0 Å². The van der Waals surface area contributed by atoms with Crippen LogP contribution in [-0.2, 0) is 33.3 Å². The van der Waals surface area contributed by atoms with Crippen LogP contribution in [0, 0.1) is 45.3 Å². The molecule has 13 nitrogen and oxygen atoms in total. The molecule has 0 aromatic heterocycles. The van der Waals surface area contributed by atoms with Gasteiger partial charge in [-0.3, -0.25) is 9.59 Å². The Bertz CT molecular complexity index is 1570. The van der Waals surface area contributed by atoms with Crippen LogP contribution >= 0.6 is 0 Å². The average Bonchev–Trinajstić information content (AvgIpc) is 3.51. The second-order valence-corrected chi connectivity index (χ2v) is 19.2. The summed E-state index contributed by atoms with van der Waals surface area (Å²) in [6.07, 6.45) is -7.09. The zero-order valence-electron chi connectivity index (χ0n) is 33.1. The van der Waals surface area contributed by atoms with Gasteiger partial charge < -0.3 is 54.3 Å². The largest absolute Gasteiger partial charge is 0.483 e. The van der Waals surface area contributed by atoms with E-state index >= 15 is 0 Å². The zero-order chi connectivity index (χ0) is 39.7. The summed E-state index contributed by atoms with van der Waals surface area (Å²) in [6, 6.07) is 0. The van der Waals surface area contributed by atoms with Gasteiger partial charge in [-0.1, -0.05) is 60.1 Å². The highest BCUT2D eigenvalue weighted by molar-refractivity contribution is 6.00. The molecule has 5 fully saturated rings. The van der Waals surface area contributed by atoms with E-state index in [0.717, 1.165) is 5.57 Å². The van der Waals surface area contributed by atoms with Gasteiger partial charge in [-0.25, -0.2) is 0 Å². The quantitative estimate of drug-likeness (QED) is 0.216. The summed E-state index contributed by atoms with van der Waals surface area (Å²) in [6.45, 7) is 17.6. The van der Waals surface area contributed by atoms with Crippen molar-refractivity contribution >= 4 is 11.6 Å². The topological polar surface area (TPSA) is 202 Å². The fourth-order valence-corrected chi connectivity index (χ4v) is 12.3. The number of hydrogen-bond acceptors (Lipinski definition) is 13. The number of fused-ring (bicyclic) bond motifs is 5. The molecule has 304 valence electrons. The molecule has 3 heterocycles. The van der Waals surface area contributed by atoms with E-state index in [1.807, 2.05) is 13.8 Å². The highest BCUT2D eigenvalue weighted by Gasteiger charge is 2.75. The molecule has 6 N–H and O–H groups in total. The predicted octanol–water partition coefficient (Wildman–Crippen LogP) is 2.32. The number of aliphatic hydroxyl groups is 6. The second-order valence-electron chi connectivity index (χ2n) is 19.2. The lowest BCUT2D eigenvalue weighted by atomic mass is 9.38. The summed E-state index contributed by atoms with van der Waals surface area (Å²) < 4.78 is 30.6. The standard InChI is InChI=1S/C41H62O13/c1-18(2)24-14-26(44)41(9,54-24)34-22(42)15-38(6)25-12-10-20-21(40(25,8)27(45)16-39(34,38)7)11-13-28(37(20,4)5)52-36-33(30(47)23(43)17-50-36)53-35-32(49)31(48)29(46)19(3)51-35/h10,14,18-19,21-23,25,28-36,42-43,46-49H,11-13,15-17H2,1-9H3/t19?,21-,22-,23?,25+,28-,29?,30?,31?,32?,33?,34?,35?,36?,38?,39-,40+,41?/m1/s1. The van der Waals surface area contributed by atoms with Gasteiger partial charge in [0.15, 0.2) is 18.2 Å². The minimum Gasteiger partial charge on any atom is -0.483 e. The second kappa shape index (κ2) is 13.4. The van der Waals surface area contributed by atoms with Crippen molar-refractivity contribution in [1.29, 1.82) is 0 Å². The van der Waals surface area contributed by atoms with Crippen LogP contribution in [0.25, 0.3) is 0 Å². The molecule has 13 heteroatoms. The fourth-order valence-electron chi connectivity index (χ4n) is 12.3. The number of carbonyl (C=O) groups excluding carboxylic acids is 2. The molecule has 0 amide bonds. The SMILES string of the molecule is CC(C)C1=CC(=O)C(C)(C2[C@H](O)CC3(C)[C@@H]4CC=C5[C@@H](CC[C@@H](OC6OCC(O)C(O)C6OC6OC(C)C(O)C(O)C6O)C5(C)C)[C@]4(C)C(=O)C[C@]23C)O1. The van der Waals surface area contributed by atoms with Gasteiger partial charge >= 0.3 is 0 Å². The Hall–Kier alpha value is -1.78. The lowest BCUT2D eigenvalue weighted by Gasteiger charge is -2.65. The van der Waals surface area contributed by atoms with Gasteiger partial charge in [0.1, 0.15) is 48.2 Å². The lowest BCUT2D eigenvalue weighted by Crippen LogP contribution is -2.65. The van der Waals surface area contributed by atoms with Gasteiger partial charge in [0, 0.05) is 35.2 Å². The van der Waals surface area contributed by atoms with E-state index in [1.165, 1.54) is 6.92 Å². The van der Waals surface area contributed by atoms with Crippen LogP contribution in [0.1, 0.15) is 94.4 Å². The maximum Gasteiger partial charge on any atom is 0.202 e.